The average Bonchev–Trinajstić information content (AvgIpc) is 2.77. The Labute approximate surface area is 175 Å². The lowest BCUT2D eigenvalue weighted by Gasteiger charge is -2.29. The Balaban J connectivity index is 1.70. The lowest BCUT2D eigenvalue weighted by molar-refractivity contribution is 0.0735. The van der Waals surface area contributed by atoms with Crippen LogP contribution in [0.4, 0.5) is 0 Å². The van der Waals surface area contributed by atoms with E-state index in [1.54, 1.807) is 10.9 Å². The van der Waals surface area contributed by atoms with Crippen LogP contribution in [0.15, 0.2) is 59.8 Å². The Bertz CT molecular complexity index is 1280. The fourth-order valence-corrected chi connectivity index (χ4v) is 4.67. The average molecular weight is 399 g/mol. The number of benzene rings is 2. The number of pyridine rings is 1. The highest BCUT2D eigenvalue weighted by atomic mass is 16.3. The minimum absolute atomic E-state index is 0.0695. The molecule has 0 unspecified atom stereocenters. The van der Waals surface area contributed by atoms with E-state index in [1.807, 2.05) is 43.5 Å². The van der Waals surface area contributed by atoms with Gasteiger partial charge in [0.25, 0.3) is 5.56 Å². The Morgan fingerprint density at radius 2 is 1.83 bits per heavy atom. The van der Waals surface area contributed by atoms with Gasteiger partial charge >= 0.3 is 0 Å². The second-order valence-corrected chi connectivity index (χ2v) is 8.34. The van der Waals surface area contributed by atoms with E-state index in [2.05, 4.69) is 22.1 Å². The van der Waals surface area contributed by atoms with E-state index in [1.165, 1.54) is 0 Å². The maximum Gasteiger partial charge on any atom is 0.261 e. The molecule has 0 aliphatic heterocycles. The van der Waals surface area contributed by atoms with Crippen molar-refractivity contribution < 1.29 is 5.11 Å². The number of aliphatic hydroxyl groups excluding tert-OH is 1. The van der Waals surface area contributed by atoms with Gasteiger partial charge in [0, 0.05) is 17.3 Å². The van der Waals surface area contributed by atoms with Crippen LogP contribution in [0.25, 0.3) is 21.7 Å². The predicted octanol–water partition coefficient (Wildman–Crippen LogP) is 4.32. The van der Waals surface area contributed by atoms with Gasteiger partial charge in [0.05, 0.1) is 29.4 Å². The molecule has 4 aromatic rings. The Kier molecular flexibility index (Phi) is 4.83. The first-order valence-electron chi connectivity index (χ1n) is 10.6. The van der Waals surface area contributed by atoms with Gasteiger partial charge in [-0.05, 0) is 54.8 Å². The van der Waals surface area contributed by atoms with Crippen molar-refractivity contribution in [3.05, 3.63) is 82.2 Å². The van der Waals surface area contributed by atoms with Crippen LogP contribution in [0.3, 0.4) is 0 Å². The molecule has 0 spiro atoms. The van der Waals surface area contributed by atoms with Crippen molar-refractivity contribution in [1.29, 1.82) is 0 Å². The van der Waals surface area contributed by atoms with Crippen molar-refractivity contribution >= 4 is 21.7 Å². The number of nitrogens with zero attached hydrogens (tertiary/aromatic N) is 3. The normalized spacial score (nSPS) is 19.4. The largest absolute Gasteiger partial charge is 0.391 e. The summed E-state index contributed by atoms with van der Waals surface area (Å²) in [6.45, 7) is 1.98. The first kappa shape index (κ1) is 18.9. The molecule has 2 heterocycles. The van der Waals surface area contributed by atoms with Gasteiger partial charge in [-0.1, -0.05) is 43.2 Å². The van der Waals surface area contributed by atoms with E-state index in [4.69, 9.17) is 0 Å². The molecular formula is C25H25N3O2. The van der Waals surface area contributed by atoms with Crippen molar-refractivity contribution in [1.82, 2.24) is 14.5 Å². The number of hydrogen-bond acceptors (Lipinski definition) is 4. The third-order valence-electron chi connectivity index (χ3n) is 6.30. The molecule has 5 rings (SSSR count). The topological polar surface area (TPSA) is 68.0 Å². The van der Waals surface area contributed by atoms with Crippen molar-refractivity contribution in [3.8, 4) is 0 Å². The van der Waals surface area contributed by atoms with E-state index in [9.17, 15) is 9.90 Å². The summed E-state index contributed by atoms with van der Waals surface area (Å²) in [5.74, 6) is 0. The smallest absolute Gasteiger partial charge is 0.261 e. The van der Waals surface area contributed by atoms with Gasteiger partial charge in [-0.2, -0.15) is 0 Å². The summed E-state index contributed by atoms with van der Waals surface area (Å²) in [7, 11) is 0. The molecule has 2 atom stereocenters. The van der Waals surface area contributed by atoms with Gasteiger partial charge in [-0.15, -0.1) is 0 Å². The van der Waals surface area contributed by atoms with Crippen molar-refractivity contribution in [2.24, 2.45) is 0 Å². The van der Waals surface area contributed by atoms with Crippen LogP contribution in [0.2, 0.25) is 0 Å². The molecule has 2 aromatic carbocycles. The third kappa shape index (κ3) is 3.29. The zero-order valence-electron chi connectivity index (χ0n) is 17.1. The summed E-state index contributed by atoms with van der Waals surface area (Å²) in [6.07, 6.45) is 7.30. The molecule has 5 heteroatoms. The minimum atomic E-state index is -0.491. The lowest BCUT2D eigenvalue weighted by Crippen LogP contribution is -2.34. The molecule has 0 radical (unpaired) electrons. The first-order valence-corrected chi connectivity index (χ1v) is 10.6. The zero-order chi connectivity index (χ0) is 20.7. The highest BCUT2D eigenvalue weighted by Gasteiger charge is 2.26. The maximum atomic E-state index is 13.5. The van der Waals surface area contributed by atoms with Crippen molar-refractivity contribution in [3.63, 3.8) is 0 Å². The number of hydrogen-bond donors (Lipinski definition) is 1. The number of aryl methyl sites for hydroxylation is 1. The van der Waals surface area contributed by atoms with Crippen LogP contribution in [0.5, 0.6) is 0 Å². The van der Waals surface area contributed by atoms with Crippen molar-refractivity contribution in [2.75, 3.05) is 0 Å². The number of fused-ring (bicyclic) bond motifs is 3. The highest BCUT2D eigenvalue weighted by Crippen LogP contribution is 2.30. The molecule has 0 amide bonds. The molecule has 1 aliphatic carbocycles. The zero-order valence-corrected chi connectivity index (χ0v) is 17.1. The molecule has 30 heavy (non-hydrogen) atoms. The van der Waals surface area contributed by atoms with Crippen LogP contribution in [-0.2, 0) is 6.42 Å². The SMILES string of the molecule is Cc1ccc(Cc2cc3c(=O)n([C@@H]4CCCC[C@H]4O)cnc3c3ccccc23)cn1. The number of rotatable bonds is 3. The fraction of sp³-hybridized carbons (Fsp3) is 0.320. The van der Waals surface area contributed by atoms with E-state index >= 15 is 0 Å². The maximum absolute atomic E-state index is 13.5. The fourth-order valence-electron chi connectivity index (χ4n) is 4.67. The molecular weight excluding hydrogens is 374 g/mol. The van der Waals surface area contributed by atoms with Gasteiger partial charge in [0.2, 0.25) is 0 Å². The van der Waals surface area contributed by atoms with Crippen LogP contribution in [0.1, 0.15) is 48.5 Å². The third-order valence-corrected chi connectivity index (χ3v) is 6.30. The summed E-state index contributed by atoms with van der Waals surface area (Å²) >= 11 is 0. The van der Waals surface area contributed by atoms with Crippen LogP contribution in [-0.4, -0.2) is 25.7 Å². The van der Waals surface area contributed by atoms with Gasteiger partial charge in [-0.3, -0.25) is 14.3 Å². The number of aliphatic hydroxyl groups is 1. The van der Waals surface area contributed by atoms with Gasteiger partial charge in [-0.25, -0.2) is 4.98 Å². The quantitative estimate of drug-likeness (QED) is 0.521. The van der Waals surface area contributed by atoms with Crippen LogP contribution >= 0.6 is 0 Å². The summed E-state index contributed by atoms with van der Waals surface area (Å²) in [5, 5.41) is 13.2. The lowest BCUT2D eigenvalue weighted by atomic mass is 9.92. The van der Waals surface area contributed by atoms with E-state index < -0.39 is 6.10 Å². The second kappa shape index (κ2) is 7.65. The summed E-state index contributed by atoms with van der Waals surface area (Å²) in [6, 6.07) is 14.0. The molecule has 2 aromatic heterocycles. The van der Waals surface area contributed by atoms with Gasteiger partial charge in [0.15, 0.2) is 0 Å². The standard InChI is InChI=1S/C25H25N3O2/c1-16-10-11-17(14-26-16)12-18-13-21-24(20-7-3-2-6-19(18)20)27-15-28(25(21)30)22-8-4-5-9-23(22)29/h2-3,6-7,10-11,13-15,22-23,29H,4-5,8-9,12H2,1H3/t22-,23-/m1/s1. The Morgan fingerprint density at radius 1 is 1.03 bits per heavy atom. The second-order valence-electron chi connectivity index (χ2n) is 8.34. The molecule has 5 nitrogen and oxygen atoms in total. The van der Waals surface area contributed by atoms with Gasteiger partial charge in [0.1, 0.15) is 0 Å². The molecule has 152 valence electrons. The molecule has 1 saturated carbocycles. The summed E-state index contributed by atoms with van der Waals surface area (Å²) in [4.78, 5) is 22.6. The summed E-state index contributed by atoms with van der Waals surface area (Å²) in [5.41, 5.74) is 3.84. The highest BCUT2D eigenvalue weighted by molar-refractivity contribution is 6.06. The predicted molar refractivity (Wildman–Crippen MR) is 119 cm³/mol. The summed E-state index contributed by atoms with van der Waals surface area (Å²) < 4.78 is 1.65. The van der Waals surface area contributed by atoms with E-state index in [-0.39, 0.29) is 11.6 Å². The van der Waals surface area contributed by atoms with Gasteiger partial charge < -0.3 is 5.11 Å². The van der Waals surface area contributed by atoms with E-state index in [0.29, 0.717) is 11.8 Å². The minimum Gasteiger partial charge on any atom is -0.391 e. The first-order chi connectivity index (χ1) is 14.6. The van der Waals surface area contributed by atoms with Crippen LogP contribution in [0, 0.1) is 6.92 Å². The van der Waals surface area contributed by atoms with Crippen LogP contribution < -0.4 is 5.56 Å². The molecule has 0 bridgehead atoms. The monoisotopic (exact) mass is 399 g/mol. The molecule has 1 aliphatic rings. The molecule has 1 N–H and O–H groups in total. The van der Waals surface area contributed by atoms with Crippen molar-refractivity contribution in [2.45, 2.75) is 51.2 Å². The van der Waals surface area contributed by atoms with E-state index in [0.717, 1.165) is 58.8 Å². The number of aromatic nitrogens is 3. The molecule has 0 saturated heterocycles. The molecule has 1 fully saturated rings. The Hall–Kier alpha value is -3.05. The Morgan fingerprint density at radius 3 is 2.60 bits per heavy atom.